The lowest BCUT2D eigenvalue weighted by Gasteiger charge is -2.39. The highest BCUT2D eigenvalue weighted by atomic mass is 16.1. The molecule has 0 saturated heterocycles. The summed E-state index contributed by atoms with van der Waals surface area (Å²) in [5.74, 6) is 0.194. The van der Waals surface area contributed by atoms with Crippen LogP contribution in [0.3, 0.4) is 0 Å². The number of carbonyl (C=O) groups excluding carboxylic acids is 1. The second-order valence-electron chi connectivity index (χ2n) is 5.42. The molecule has 0 saturated carbocycles. The summed E-state index contributed by atoms with van der Waals surface area (Å²) in [6.45, 7) is 0. The predicted molar refractivity (Wildman–Crippen MR) is 85.8 cm³/mol. The van der Waals surface area contributed by atoms with E-state index in [-0.39, 0.29) is 11.8 Å². The molecule has 0 radical (unpaired) electrons. The van der Waals surface area contributed by atoms with Crippen LogP contribution in [0.5, 0.6) is 0 Å². The molecule has 2 aliphatic heterocycles. The van der Waals surface area contributed by atoms with Gasteiger partial charge in [0.15, 0.2) is 5.78 Å². The van der Waals surface area contributed by atoms with E-state index in [2.05, 4.69) is 41.3 Å². The maximum Gasteiger partial charge on any atom is 0.160 e. The Labute approximate surface area is 124 Å². The Morgan fingerprint density at radius 2 is 1.71 bits per heavy atom. The minimum absolute atomic E-state index is 0.118. The van der Waals surface area contributed by atoms with Crippen LogP contribution >= 0.6 is 0 Å². The van der Waals surface area contributed by atoms with Crippen molar-refractivity contribution in [3.8, 4) is 0 Å². The van der Waals surface area contributed by atoms with Crippen molar-refractivity contribution in [2.24, 2.45) is 0 Å². The second kappa shape index (κ2) is 4.74. The maximum atomic E-state index is 12.1. The highest BCUT2D eigenvalue weighted by Crippen LogP contribution is 2.38. The smallest absolute Gasteiger partial charge is 0.160 e. The highest BCUT2D eigenvalue weighted by molar-refractivity contribution is 6.04. The summed E-state index contributed by atoms with van der Waals surface area (Å²) < 4.78 is 0. The number of ketones is 1. The molecule has 2 aromatic carbocycles. The fourth-order valence-corrected chi connectivity index (χ4v) is 3.11. The molecule has 0 fully saturated rings. The fourth-order valence-electron chi connectivity index (χ4n) is 3.11. The summed E-state index contributed by atoms with van der Waals surface area (Å²) in [4.78, 5) is 14.4. The van der Waals surface area contributed by atoms with Crippen molar-refractivity contribution in [3.63, 3.8) is 0 Å². The number of fused-ring (bicyclic) bond motifs is 3. The number of hydrogen-bond acceptors (Lipinski definition) is 2. The van der Waals surface area contributed by atoms with E-state index >= 15 is 0 Å². The number of anilines is 1. The van der Waals surface area contributed by atoms with Crippen LogP contribution in [0.2, 0.25) is 0 Å². The average Bonchev–Trinajstić information content (AvgIpc) is 2.54. The first-order chi connectivity index (χ1) is 10.3. The van der Waals surface area contributed by atoms with Gasteiger partial charge in [-0.2, -0.15) is 0 Å². The third-order valence-corrected chi connectivity index (χ3v) is 4.06. The van der Waals surface area contributed by atoms with E-state index in [0.717, 1.165) is 11.3 Å². The summed E-state index contributed by atoms with van der Waals surface area (Å²) >= 11 is 0. The minimum Gasteiger partial charge on any atom is -0.333 e. The number of carbonyl (C=O) groups is 1. The Morgan fingerprint density at radius 1 is 0.952 bits per heavy atom. The van der Waals surface area contributed by atoms with Crippen LogP contribution in [0.15, 0.2) is 66.7 Å². The molecule has 2 heterocycles. The van der Waals surface area contributed by atoms with Gasteiger partial charge in [0.05, 0.1) is 11.7 Å². The fraction of sp³-hybridized carbons (Fsp3) is 0.105. The summed E-state index contributed by atoms with van der Waals surface area (Å²) in [7, 11) is 0. The zero-order valence-corrected chi connectivity index (χ0v) is 11.6. The van der Waals surface area contributed by atoms with Gasteiger partial charge in [0.1, 0.15) is 0 Å². The molecule has 2 heteroatoms. The maximum absolute atomic E-state index is 12.1. The Kier molecular flexibility index (Phi) is 2.74. The van der Waals surface area contributed by atoms with Gasteiger partial charge in [-0.25, -0.2) is 0 Å². The molecule has 1 atom stereocenters. The third kappa shape index (κ3) is 2.00. The molecule has 21 heavy (non-hydrogen) atoms. The first-order valence-corrected chi connectivity index (χ1v) is 7.19. The molecule has 0 amide bonds. The molecule has 0 bridgehead atoms. The van der Waals surface area contributed by atoms with E-state index < -0.39 is 0 Å². The molecule has 102 valence electrons. The minimum atomic E-state index is 0.118. The van der Waals surface area contributed by atoms with Crippen LogP contribution in [0, 0.1) is 0 Å². The summed E-state index contributed by atoms with van der Waals surface area (Å²) in [6, 6.07) is 18.6. The van der Waals surface area contributed by atoms with Gasteiger partial charge in [0.2, 0.25) is 0 Å². The molecule has 0 spiro atoms. The van der Waals surface area contributed by atoms with Gasteiger partial charge in [-0.05, 0) is 17.2 Å². The van der Waals surface area contributed by atoms with Crippen molar-refractivity contribution >= 4 is 23.2 Å². The van der Waals surface area contributed by atoms with Crippen molar-refractivity contribution in [1.82, 2.24) is 0 Å². The van der Waals surface area contributed by atoms with E-state index in [1.165, 1.54) is 11.3 Å². The zero-order valence-electron chi connectivity index (χ0n) is 11.6. The molecule has 0 aliphatic carbocycles. The van der Waals surface area contributed by atoms with E-state index in [4.69, 9.17) is 0 Å². The van der Waals surface area contributed by atoms with Gasteiger partial charge in [0, 0.05) is 18.2 Å². The molecular weight excluding hydrogens is 258 g/mol. The van der Waals surface area contributed by atoms with Crippen molar-refractivity contribution in [2.45, 2.75) is 12.5 Å². The third-order valence-electron chi connectivity index (χ3n) is 4.06. The summed E-state index contributed by atoms with van der Waals surface area (Å²) in [6.07, 6.45) is 6.58. The molecule has 0 N–H and O–H groups in total. The number of hydrogen-bond donors (Lipinski definition) is 0. The first-order valence-electron chi connectivity index (χ1n) is 7.19. The molecular formula is C19H15NO. The zero-order chi connectivity index (χ0) is 14.2. The van der Waals surface area contributed by atoms with Crippen molar-refractivity contribution in [1.29, 1.82) is 0 Å². The number of para-hydroxylation sites is 1. The van der Waals surface area contributed by atoms with Gasteiger partial charge < -0.3 is 4.90 Å². The number of nitrogens with zero attached hydrogens (tertiary/aromatic N) is 1. The Hall–Kier alpha value is -2.61. The Balaban J connectivity index is 1.90. The topological polar surface area (TPSA) is 20.3 Å². The SMILES string of the molecule is O=C1C=C(c2ccccc2)N2c3ccccc3C=CC2C1. The number of benzene rings is 2. The number of rotatable bonds is 1. The van der Waals surface area contributed by atoms with Crippen molar-refractivity contribution < 1.29 is 4.79 Å². The van der Waals surface area contributed by atoms with Crippen LogP contribution in [0.25, 0.3) is 11.8 Å². The van der Waals surface area contributed by atoms with Gasteiger partial charge in [-0.1, -0.05) is 60.7 Å². The van der Waals surface area contributed by atoms with E-state index in [0.29, 0.717) is 6.42 Å². The molecule has 1 unspecified atom stereocenters. The van der Waals surface area contributed by atoms with E-state index in [9.17, 15) is 4.79 Å². The van der Waals surface area contributed by atoms with Gasteiger partial charge in [-0.15, -0.1) is 0 Å². The van der Waals surface area contributed by atoms with Crippen molar-refractivity contribution in [2.75, 3.05) is 4.90 Å². The van der Waals surface area contributed by atoms with Gasteiger partial charge in [-0.3, -0.25) is 4.79 Å². The molecule has 0 aromatic heterocycles. The normalized spacial score (nSPS) is 19.8. The number of allylic oxidation sites excluding steroid dienone is 1. The summed E-state index contributed by atoms with van der Waals surface area (Å²) in [5.41, 5.74) is 4.45. The highest BCUT2D eigenvalue weighted by Gasteiger charge is 2.31. The van der Waals surface area contributed by atoms with Crippen LogP contribution in [0.4, 0.5) is 5.69 Å². The largest absolute Gasteiger partial charge is 0.333 e. The lowest BCUT2D eigenvalue weighted by Crippen LogP contribution is -2.39. The monoisotopic (exact) mass is 273 g/mol. The van der Waals surface area contributed by atoms with Crippen LogP contribution in [0.1, 0.15) is 17.5 Å². The molecule has 4 rings (SSSR count). The van der Waals surface area contributed by atoms with Gasteiger partial charge in [0.25, 0.3) is 0 Å². The van der Waals surface area contributed by atoms with Crippen molar-refractivity contribution in [3.05, 3.63) is 77.9 Å². The first kappa shape index (κ1) is 12.2. The van der Waals surface area contributed by atoms with Crippen LogP contribution in [-0.2, 0) is 4.79 Å². The van der Waals surface area contributed by atoms with Crippen LogP contribution in [-0.4, -0.2) is 11.8 Å². The predicted octanol–water partition coefficient (Wildman–Crippen LogP) is 3.90. The molecule has 2 aromatic rings. The Morgan fingerprint density at radius 3 is 2.57 bits per heavy atom. The Bertz CT molecular complexity index is 758. The van der Waals surface area contributed by atoms with E-state index in [1.807, 2.05) is 30.3 Å². The lowest BCUT2D eigenvalue weighted by molar-refractivity contribution is -0.114. The summed E-state index contributed by atoms with van der Waals surface area (Å²) in [5, 5.41) is 0. The molecule has 2 aliphatic rings. The standard InChI is InChI=1S/C19H15NO/c21-17-12-16-11-10-15-8-4-5-9-18(15)20(16)19(13-17)14-6-2-1-3-7-14/h1-11,13,16H,12H2. The second-order valence-corrected chi connectivity index (χ2v) is 5.42. The average molecular weight is 273 g/mol. The molecule has 2 nitrogen and oxygen atoms in total. The lowest BCUT2D eigenvalue weighted by atomic mass is 9.92. The van der Waals surface area contributed by atoms with E-state index in [1.54, 1.807) is 6.08 Å². The van der Waals surface area contributed by atoms with Crippen LogP contribution < -0.4 is 4.90 Å². The van der Waals surface area contributed by atoms with Gasteiger partial charge >= 0.3 is 0 Å². The quantitative estimate of drug-likeness (QED) is 0.785.